The summed E-state index contributed by atoms with van der Waals surface area (Å²) in [7, 11) is 0. The molecule has 2 rings (SSSR count). The van der Waals surface area contributed by atoms with Gasteiger partial charge in [0, 0.05) is 0 Å². The van der Waals surface area contributed by atoms with Crippen LogP contribution in [0.25, 0.3) is 0 Å². The third kappa shape index (κ3) is 5.20. The fraction of sp³-hybridized carbons (Fsp3) is 0.765. The van der Waals surface area contributed by atoms with Crippen molar-refractivity contribution in [3.8, 4) is 0 Å². The molecule has 0 spiro atoms. The van der Waals surface area contributed by atoms with Gasteiger partial charge in [-0.2, -0.15) is 0 Å². The summed E-state index contributed by atoms with van der Waals surface area (Å²) in [6, 6.07) is 4.32. The second-order valence-corrected chi connectivity index (χ2v) is 14.4. The van der Waals surface area contributed by atoms with Crippen molar-refractivity contribution in [2.24, 2.45) is 10.8 Å². The van der Waals surface area contributed by atoms with Gasteiger partial charge in [-0.3, -0.25) is 0 Å². The average molecular weight is 417 g/mol. The third-order valence-electron chi connectivity index (χ3n) is 5.10. The van der Waals surface area contributed by atoms with Crippen LogP contribution in [-0.4, -0.2) is 7.38 Å². The molecular formula is C17H30Cl2O2STi. The van der Waals surface area contributed by atoms with Crippen molar-refractivity contribution in [1.29, 1.82) is 0 Å². The monoisotopic (exact) mass is 416 g/mol. The Kier molecular flexibility index (Phi) is 8.40. The molecule has 2 N–H and O–H groups in total. The van der Waals surface area contributed by atoms with Crippen molar-refractivity contribution >= 4 is 11.3 Å². The fourth-order valence-corrected chi connectivity index (χ4v) is 11.6. The quantitative estimate of drug-likeness (QED) is 0.592. The average Bonchev–Trinajstić information content (AvgIpc) is 2.78. The Hall–Kier alpha value is 0.914. The van der Waals surface area contributed by atoms with Crippen LogP contribution < -0.4 is 24.8 Å². The Morgan fingerprint density at radius 2 is 1.39 bits per heavy atom. The Balaban J connectivity index is 0.00000242. The molecule has 0 aliphatic carbocycles. The molecule has 1 aromatic rings. The molecule has 1 fully saturated rings. The van der Waals surface area contributed by atoms with Gasteiger partial charge in [0.2, 0.25) is 0 Å². The van der Waals surface area contributed by atoms with Gasteiger partial charge in [0.1, 0.15) is 0 Å². The molecule has 23 heavy (non-hydrogen) atoms. The normalized spacial score (nSPS) is 26.3. The van der Waals surface area contributed by atoms with E-state index in [1.807, 2.05) is 11.3 Å². The van der Waals surface area contributed by atoms with Gasteiger partial charge in [-0.1, -0.05) is 0 Å². The van der Waals surface area contributed by atoms with E-state index in [1.54, 1.807) is 0 Å². The maximum atomic E-state index is 11.1. The maximum Gasteiger partial charge on any atom is -1.00 e. The van der Waals surface area contributed by atoms with Crippen molar-refractivity contribution < 1.29 is 49.6 Å². The van der Waals surface area contributed by atoms with Crippen LogP contribution in [0.5, 0.6) is 0 Å². The molecule has 1 saturated heterocycles. The summed E-state index contributed by atoms with van der Waals surface area (Å²) in [4.78, 5) is 1.41. The van der Waals surface area contributed by atoms with Gasteiger partial charge in [0.25, 0.3) is 0 Å². The predicted octanol–water partition coefficient (Wildman–Crippen LogP) is -0.729. The first-order valence-corrected chi connectivity index (χ1v) is 12.0. The van der Waals surface area contributed by atoms with Gasteiger partial charge >= 0.3 is 138 Å². The molecule has 2 unspecified atom stereocenters. The second kappa shape index (κ2) is 8.08. The minimum absolute atomic E-state index is 0. The molecular weight excluding hydrogens is 387 g/mol. The molecule has 0 saturated carbocycles. The summed E-state index contributed by atoms with van der Waals surface area (Å²) in [6.45, 7) is 13.0. The van der Waals surface area contributed by atoms with Gasteiger partial charge in [-0.15, -0.1) is 0 Å². The van der Waals surface area contributed by atoms with Crippen LogP contribution in [0, 0.1) is 10.8 Å². The topological polar surface area (TPSA) is 40.5 Å². The summed E-state index contributed by atoms with van der Waals surface area (Å²) in [5, 5.41) is 2.13. The smallest absolute Gasteiger partial charge is 1.00 e. The first kappa shape index (κ1) is 23.9. The van der Waals surface area contributed by atoms with Crippen LogP contribution in [-0.2, 0) is 17.4 Å². The minimum Gasteiger partial charge on any atom is -1.00 e. The van der Waals surface area contributed by atoms with Crippen LogP contribution in [0.2, 0.25) is 8.45 Å². The molecule has 0 radical (unpaired) electrons. The molecule has 0 aromatic carbocycles. The van der Waals surface area contributed by atoms with Crippen molar-refractivity contribution in [3.05, 3.63) is 22.4 Å². The molecule has 1 aliphatic heterocycles. The van der Waals surface area contributed by atoms with E-state index in [0.717, 1.165) is 12.8 Å². The predicted molar refractivity (Wildman–Crippen MR) is 87.1 cm³/mol. The van der Waals surface area contributed by atoms with E-state index in [2.05, 4.69) is 59.1 Å². The van der Waals surface area contributed by atoms with E-state index in [0.29, 0.717) is 5.92 Å². The molecule has 2 nitrogen and oxygen atoms in total. The molecule has 0 amide bonds. The molecule has 2 atom stereocenters. The summed E-state index contributed by atoms with van der Waals surface area (Å²) in [6.07, 6.45) is 1.87. The van der Waals surface area contributed by atoms with Crippen LogP contribution in [0.15, 0.2) is 17.5 Å². The van der Waals surface area contributed by atoms with Gasteiger partial charge in [0.15, 0.2) is 0 Å². The zero-order valence-corrected chi connectivity index (χ0v) is 18.8. The van der Waals surface area contributed by atoms with E-state index >= 15 is 0 Å². The van der Waals surface area contributed by atoms with Crippen molar-refractivity contribution in [1.82, 2.24) is 0 Å². The molecule has 1 aromatic heterocycles. The summed E-state index contributed by atoms with van der Waals surface area (Å²) in [5.41, 5.74) is -0.0775. The number of hydrogen-bond donors (Lipinski definition) is 2. The molecule has 6 heteroatoms. The van der Waals surface area contributed by atoms with Crippen LogP contribution >= 0.6 is 11.3 Å². The third-order valence-corrected chi connectivity index (χ3v) is 12.8. The van der Waals surface area contributed by atoms with E-state index in [4.69, 9.17) is 0 Å². The van der Waals surface area contributed by atoms with Gasteiger partial charge in [-0.25, -0.2) is 0 Å². The van der Waals surface area contributed by atoms with Gasteiger partial charge in [0.05, 0.1) is 0 Å². The zero-order valence-electron chi connectivity index (χ0n) is 14.9. The summed E-state index contributed by atoms with van der Waals surface area (Å²) < 4.78 is 22.4. The van der Waals surface area contributed by atoms with Crippen LogP contribution in [0.3, 0.4) is 0 Å². The first-order chi connectivity index (χ1) is 9.44. The van der Waals surface area contributed by atoms with Gasteiger partial charge in [-0.05, 0) is 0 Å². The van der Waals surface area contributed by atoms with E-state index in [1.165, 1.54) is 4.88 Å². The van der Waals surface area contributed by atoms with Crippen molar-refractivity contribution in [3.63, 3.8) is 0 Å². The largest absolute Gasteiger partial charge is 1.00 e. The Morgan fingerprint density at radius 1 is 0.957 bits per heavy atom. The Labute approximate surface area is 162 Å². The number of thiophene rings is 1. The molecule has 1 aliphatic rings. The minimum atomic E-state index is -3.86. The Bertz CT molecular complexity index is 452. The van der Waals surface area contributed by atoms with Crippen molar-refractivity contribution in [2.45, 2.75) is 68.7 Å². The van der Waals surface area contributed by atoms with Crippen LogP contribution in [0.4, 0.5) is 0 Å². The fourth-order valence-electron chi connectivity index (χ4n) is 3.99. The van der Waals surface area contributed by atoms with E-state index < -0.39 is 17.4 Å². The maximum absolute atomic E-state index is 11.1. The molecule has 0 bridgehead atoms. The molecule has 134 valence electrons. The standard InChI is InChI=1S/C17H28S.2ClH.2H2O.Ti/c1-16(2,3)11-9-14(10-12-17(4,5)6)15-8-7-13-18-15;;;;;/h7-8,11-14H,9-10H2,1-6H3;2*1H;2*1H2;/q;;;;;+4/p-4. The Morgan fingerprint density at radius 3 is 1.70 bits per heavy atom. The summed E-state index contributed by atoms with van der Waals surface area (Å²) >= 11 is -2.04. The van der Waals surface area contributed by atoms with Crippen molar-refractivity contribution in [2.75, 3.05) is 0 Å². The summed E-state index contributed by atoms with van der Waals surface area (Å²) in [5.74, 6) is 0.483. The van der Waals surface area contributed by atoms with Crippen LogP contribution in [0.1, 0.15) is 65.2 Å². The number of rotatable bonds is 1. The zero-order chi connectivity index (χ0) is 16.1. The SMILES string of the molecule is CC(C)(C)[CH]1CC(c2cccs2)C[CH](C(C)(C)C)[Ti+2]1([OH])[OH].[Cl-].[Cl-]. The molecule has 2 heterocycles. The number of hydrogen-bond acceptors (Lipinski definition) is 3. The van der Waals surface area contributed by atoms with Gasteiger partial charge < -0.3 is 24.8 Å². The van der Waals surface area contributed by atoms with E-state index in [-0.39, 0.29) is 44.1 Å². The van der Waals surface area contributed by atoms with E-state index in [9.17, 15) is 7.38 Å². The second-order valence-electron chi connectivity index (χ2n) is 8.80. The first-order valence-electron chi connectivity index (χ1n) is 7.92. The number of halogens is 2.